The van der Waals surface area contributed by atoms with E-state index in [4.69, 9.17) is 4.74 Å². The van der Waals surface area contributed by atoms with Gasteiger partial charge in [-0.05, 0) is 32.9 Å². The molecule has 0 saturated carbocycles. The molecular weight excluding hydrogens is 228 g/mol. The highest BCUT2D eigenvalue weighted by molar-refractivity contribution is 5.25. The van der Waals surface area contributed by atoms with Crippen molar-refractivity contribution >= 4 is 0 Å². The SMILES string of the molecule is COc1ncccc1CN1CCC(C(C)(C)O)C1. The third-order valence-electron chi connectivity index (χ3n) is 3.71. The highest BCUT2D eigenvalue weighted by Crippen LogP contribution is 2.28. The Bertz CT molecular complexity index is 401. The summed E-state index contributed by atoms with van der Waals surface area (Å²) in [5, 5.41) is 10.0. The molecule has 4 heteroatoms. The van der Waals surface area contributed by atoms with E-state index in [-0.39, 0.29) is 0 Å². The number of aromatic nitrogens is 1. The van der Waals surface area contributed by atoms with Gasteiger partial charge < -0.3 is 9.84 Å². The van der Waals surface area contributed by atoms with Crippen molar-refractivity contribution in [3.8, 4) is 5.88 Å². The number of pyridine rings is 1. The second-order valence-electron chi connectivity index (χ2n) is 5.55. The summed E-state index contributed by atoms with van der Waals surface area (Å²) < 4.78 is 5.26. The minimum absolute atomic E-state index is 0.347. The van der Waals surface area contributed by atoms with E-state index >= 15 is 0 Å². The predicted octanol–water partition coefficient (Wildman–Crippen LogP) is 1.68. The van der Waals surface area contributed by atoms with Crippen molar-refractivity contribution in [1.82, 2.24) is 9.88 Å². The third-order valence-corrected chi connectivity index (χ3v) is 3.71. The van der Waals surface area contributed by atoms with Crippen molar-refractivity contribution in [3.63, 3.8) is 0 Å². The van der Waals surface area contributed by atoms with Crippen LogP contribution in [-0.4, -0.2) is 40.8 Å². The van der Waals surface area contributed by atoms with Crippen LogP contribution in [0.3, 0.4) is 0 Å². The number of hydrogen-bond acceptors (Lipinski definition) is 4. The van der Waals surface area contributed by atoms with E-state index in [1.165, 1.54) is 0 Å². The lowest BCUT2D eigenvalue weighted by Crippen LogP contribution is -2.33. The zero-order valence-corrected chi connectivity index (χ0v) is 11.4. The van der Waals surface area contributed by atoms with Gasteiger partial charge in [0.2, 0.25) is 5.88 Å². The highest BCUT2D eigenvalue weighted by atomic mass is 16.5. The Morgan fingerprint density at radius 2 is 2.33 bits per heavy atom. The first-order valence-corrected chi connectivity index (χ1v) is 6.43. The van der Waals surface area contributed by atoms with Crippen molar-refractivity contribution in [1.29, 1.82) is 0 Å². The van der Waals surface area contributed by atoms with Crippen molar-refractivity contribution < 1.29 is 9.84 Å². The Balaban J connectivity index is 1.99. The average molecular weight is 250 g/mol. The molecule has 1 saturated heterocycles. The normalized spacial score (nSPS) is 21.2. The molecular formula is C14H22N2O2. The van der Waals surface area contributed by atoms with Gasteiger partial charge in [-0.2, -0.15) is 0 Å². The van der Waals surface area contributed by atoms with Crippen LogP contribution in [0.1, 0.15) is 25.8 Å². The van der Waals surface area contributed by atoms with Crippen LogP contribution in [0.15, 0.2) is 18.3 Å². The molecule has 18 heavy (non-hydrogen) atoms. The second-order valence-corrected chi connectivity index (χ2v) is 5.55. The van der Waals surface area contributed by atoms with Crippen LogP contribution in [0.5, 0.6) is 5.88 Å². The molecule has 0 spiro atoms. The van der Waals surface area contributed by atoms with Crippen LogP contribution < -0.4 is 4.74 Å². The van der Waals surface area contributed by atoms with E-state index in [0.29, 0.717) is 11.8 Å². The summed E-state index contributed by atoms with van der Waals surface area (Å²) in [4.78, 5) is 6.56. The average Bonchev–Trinajstić information content (AvgIpc) is 2.78. The maximum absolute atomic E-state index is 10.0. The Morgan fingerprint density at radius 3 is 2.94 bits per heavy atom. The summed E-state index contributed by atoms with van der Waals surface area (Å²) in [6.07, 6.45) is 2.79. The molecule has 0 aliphatic carbocycles. The van der Waals surface area contributed by atoms with Gasteiger partial charge in [0, 0.05) is 30.8 Å². The molecule has 1 atom stereocenters. The van der Waals surface area contributed by atoms with Crippen LogP contribution in [0.2, 0.25) is 0 Å². The van der Waals surface area contributed by atoms with Crippen LogP contribution >= 0.6 is 0 Å². The summed E-state index contributed by atoms with van der Waals surface area (Å²) in [5.74, 6) is 1.05. The number of methoxy groups -OCH3 is 1. The van der Waals surface area contributed by atoms with E-state index in [0.717, 1.165) is 31.6 Å². The molecule has 2 rings (SSSR count). The van der Waals surface area contributed by atoms with E-state index in [9.17, 15) is 5.11 Å². The minimum Gasteiger partial charge on any atom is -0.481 e. The lowest BCUT2D eigenvalue weighted by Gasteiger charge is -2.25. The number of ether oxygens (including phenoxy) is 1. The molecule has 1 fully saturated rings. The van der Waals surface area contributed by atoms with Gasteiger partial charge in [-0.3, -0.25) is 4.90 Å². The van der Waals surface area contributed by atoms with E-state index in [2.05, 4.69) is 9.88 Å². The molecule has 0 radical (unpaired) electrons. The largest absolute Gasteiger partial charge is 0.481 e. The number of nitrogens with zero attached hydrogens (tertiary/aromatic N) is 2. The smallest absolute Gasteiger partial charge is 0.217 e. The van der Waals surface area contributed by atoms with Gasteiger partial charge in [0.15, 0.2) is 0 Å². The maximum Gasteiger partial charge on any atom is 0.217 e. The molecule has 1 aliphatic rings. The molecule has 4 nitrogen and oxygen atoms in total. The van der Waals surface area contributed by atoms with Crippen LogP contribution in [0, 0.1) is 5.92 Å². The van der Waals surface area contributed by atoms with Gasteiger partial charge in [0.25, 0.3) is 0 Å². The van der Waals surface area contributed by atoms with Gasteiger partial charge in [0.05, 0.1) is 12.7 Å². The first-order valence-electron chi connectivity index (χ1n) is 6.43. The fraction of sp³-hybridized carbons (Fsp3) is 0.643. The van der Waals surface area contributed by atoms with Gasteiger partial charge in [0.1, 0.15) is 0 Å². The third kappa shape index (κ3) is 3.00. The molecule has 1 aromatic rings. The van der Waals surface area contributed by atoms with Crippen LogP contribution in [0.25, 0.3) is 0 Å². The number of likely N-dealkylation sites (tertiary alicyclic amines) is 1. The Labute approximate surface area is 109 Å². The topological polar surface area (TPSA) is 45.6 Å². The van der Waals surface area contributed by atoms with Crippen LogP contribution in [0.4, 0.5) is 0 Å². The van der Waals surface area contributed by atoms with Gasteiger partial charge in [-0.25, -0.2) is 4.98 Å². The fourth-order valence-electron chi connectivity index (χ4n) is 2.52. The molecule has 100 valence electrons. The number of hydrogen-bond donors (Lipinski definition) is 1. The fourth-order valence-corrected chi connectivity index (χ4v) is 2.52. The molecule has 0 amide bonds. The van der Waals surface area contributed by atoms with Crippen LogP contribution in [-0.2, 0) is 6.54 Å². The first kappa shape index (κ1) is 13.3. The summed E-state index contributed by atoms with van der Waals surface area (Å²) in [6.45, 7) is 6.58. The molecule has 1 aromatic heterocycles. The van der Waals surface area contributed by atoms with Crippen molar-refractivity contribution in [2.75, 3.05) is 20.2 Å². The molecule has 1 unspecified atom stereocenters. The van der Waals surface area contributed by atoms with E-state index in [1.54, 1.807) is 13.3 Å². The standard InChI is InChI=1S/C14H22N2O2/c1-14(2,17)12-6-8-16(10-12)9-11-5-4-7-15-13(11)18-3/h4-5,7,12,17H,6,8-10H2,1-3H3. The summed E-state index contributed by atoms with van der Waals surface area (Å²) in [7, 11) is 1.65. The van der Waals surface area contributed by atoms with Crippen molar-refractivity contribution in [2.24, 2.45) is 5.92 Å². The first-order chi connectivity index (χ1) is 8.50. The van der Waals surface area contributed by atoms with Crippen molar-refractivity contribution in [3.05, 3.63) is 23.9 Å². The maximum atomic E-state index is 10.0. The van der Waals surface area contributed by atoms with Crippen molar-refractivity contribution in [2.45, 2.75) is 32.4 Å². The number of rotatable bonds is 4. The Hall–Kier alpha value is -1.13. The molecule has 1 N–H and O–H groups in total. The van der Waals surface area contributed by atoms with Gasteiger partial charge in [-0.1, -0.05) is 6.07 Å². The quantitative estimate of drug-likeness (QED) is 0.883. The zero-order chi connectivity index (χ0) is 13.2. The van der Waals surface area contributed by atoms with Gasteiger partial charge >= 0.3 is 0 Å². The second kappa shape index (κ2) is 5.24. The lowest BCUT2D eigenvalue weighted by atomic mass is 9.90. The minimum atomic E-state index is -0.590. The Morgan fingerprint density at radius 1 is 1.56 bits per heavy atom. The van der Waals surface area contributed by atoms with Gasteiger partial charge in [-0.15, -0.1) is 0 Å². The summed E-state index contributed by atoms with van der Waals surface area (Å²) in [5.41, 5.74) is 0.518. The zero-order valence-electron chi connectivity index (χ0n) is 11.4. The monoisotopic (exact) mass is 250 g/mol. The summed E-state index contributed by atoms with van der Waals surface area (Å²) >= 11 is 0. The lowest BCUT2D eigenvalue weighted by molar-refractivity contribution is 0.0207. The molecule has 0 aromatic carbocycles. The Kier molecular flexibility index (Phi) is 3.88. The summed E-state index contributed by atoms with van der Waals surface area (Å²) in [6, 6.07) is 3.98. The van der Waals surface area contributed by atoms with E-state index < -0.39 is 5.60 Å². The molecule has 0 bridgehead atoms. The molecule has 2 heterocycles. The highest BCUT2D eigenvalue weighted by Gasteiger charge is 2.33. The predicted molar refractivity (Wildman–Crippen MR) is 70.5 cm³/mol. The molecule has 1 aliphatic heterocycles. The number of aliphatic hydroxyl groups is 1. The van der Waals surface area contributed by atoms with E-state index in [1.807, 2.05) is 26.0 Å².